The highest BCUT2D eigenvalue weighted by Crippen LogP contribution is 2.15. The lowest BCUT2D eigenvalue weighted by atomic mass is 10.3. The van der Waals surface area contributed by atoms with Crippen molar-refractivity contribution in [2.75, 3.05) is 6.61 Å². The fraction of sp³-hybridized carbons (Fsp3) is 0.444. The van der Waals surface area contributed by atoms with E-state index in [1.54, 1.807) is 0 Å². The number of carbonyl (C=O) groups is 1. The van der Waals surface area contributed by atoms with E-state index in [0.29, 0.717) is 4.68 Å². The van der Waals surface area contributed by atoms with Crippen LogP contribution in [0.25, 0.3) is 5.65 Å². The zero-order valence-electron chi connectivity index (χ0n) is 10.1. The molecule has 0 amide bonds. The Morgan fingerprint density at radius 2 is 2.15 bits per heavy atom. The highest BCUT2D eigenvalue weighted by Gasteiger charge is 2.28. The number of fused-ring (bicyclic) bond motifs is 1. The third-order valence-electron chi connectivity index (χ3n) is 2.32. The predicted octanol–water partition coefficient (Wildman–Crippen LogP) is 0.0250. The monoisotopic (exact) mass is 291 g/mol. The second-order valence-corrected chi connectivity index (χ2v) is 3.73. The first kappa shape index (κ1) is 14.1. The molecular weight excluding hydrogens is 283 g/mol. The molecule has 0 radical (unpaired) electrons. The maximum atomic E-state index is 11.9. The molecule has 0 spiro atoms. The van der Waals surface area contributed by atoms with Crippen molar-refractivity contribution < 1.29 is 22.7 Å². The molecule has 2 aromatic heterocycles. The van der Waals surface area contributed by atoms with Gasteiger partial charge in [-0.3, -0.25) is 9.53 Å². The topological polar surface area (TPSA) is 91.4 Å². The molecule has 2 rings (SSSR count). The van der Waals surface area contributed by atoms with Crippen molar-refractivity contribution in [1.82, 2.24) is 24.4 Å². The molecular formula is C9H8F3N5O3. The molecule has 0 N–H and O–H groups in total. The summed E-state index contributed by atoms with van der Waals surface area (Å²) < 4.78 is 40.6. The minimum absolute atomic E-state index is 0.0340. The Bertz CT molecular complexity index is 705. The van der Waals surface area contributed by atoms with E-state index in [2.05, 4.69) is 20.0 Å². The Balaban J connectivity index is 2.27. The zero-order valence-corrected chi connectivity index (χ0v) is 10.1. The van der Waals surface area contributed by atoms with Gasteiger partial charge in [-0.25, -0.2) is 14.2 Å². The summed E-state index contributed by atoms with van der Waals surface area (Å²) >= 11 is 0. The van der Waals surface area contributed by atoms with Gasteiger partial charge in [0.25, 0.3) is 0 Å². The number of halogens is 3. The van der Waals surface area contributed by atoms with E-state index in [0.717, 1.165) is 10.7 Å². The number of carbonyl (C=O) groups excluding carboxylic acids is 1. The van der Waals surface area contributed by atoms with Crippen LogP contribution in [0.2, 0.25) is 0 Å². The molecule has 0 aliphatic heterocycles. The third-order valence-corrected chi connectivity index (χ3v) is 2.32. The predicted molar refractivity (Wildman–Crippen MR) is 57.1 cm³/mol. The van der Waals surface area contributed by atoms with Crippen LogP contribution in [0.4, 0.5) is 13.2 Å². The van der Waals surface area contributed by atoms with Gasteiger partial charge in [-0.05, 0) is 0 Å². The highest BCUT2D eigenvalue weighted by atomic mass is 19.4. The van der Waals surface area contributed by atoms with Gasteiger partial charge < -0.3 is 0 Å². The van der Waals surface area contributed by atoms with E-state index in [1.165, 1.54) is 6.92 Å². The average molecular weight is 291 g/mol. The smallest absolute Gasteiger partial charge is 0.293 e. The molecule has 0 aliphatic carbocycles. The second-order valence-electron chi connectivity index (χ2n) is 3.73. The maximum absolute atomic E-state index is 11.9. The lowest BCUT2D eigenvalue weighted by Crippen LogP contribution is -2.32. The number of imidazole rings is 1. The van der Waals surface area contributed by atoms with E-state index in [4.69, 9.17) is 0 Å². The van der Waals surface area contributed by atoms with Crippen molar-refractivity contribution in [3.8, 4) is 0 Å². The number of hydrogen-bond donors (Lipinski definition) is 0. The van der Waals surface area contributed by atoms with Crippen molar-refractivity contribution >= 4 is 11.4 Å². The van der Waals surface area contributed by atoms with Crippen LogP contribution in [0.3, 0.4) is 0 Å². The maximum Gasteiger partial charge on any atom is 0.522 e. The van der Waals surface area contributed by atoms with Crippen LogP contribution in [0, 0.1) is 0 Å². The van der Waals surface area contributed by atoms with Gasteiger partial charge in [-0.15, -0.1) is 18.3 Å². The summed E-state index contributed by atoms with van der Waals surface area (Å²) in [6.07, 6.45) is -3.72. The summed E-state index contributed by atoms with van der Waals surface area (Å²) in [6, 6.07) is 0. The lowest BCUT2D eigenvalue weighted by Gasteiger charge is -2.07. The van der Waals surface area contributed by atoms with Crippen LogP contribution in [0.15, 0.2) is 11.1 Å². The first-order valence-electron chi connectivity index (χ1n) is 5.32. The molecule has 0 saturated carbocycles. The fourth-order valence-electron chi connectivity index (χ4n) is 1.47. The van der Waals surface area contributed by atoms with Crippen LogP contribution in [-0.2, 0) is 11.3 Å². The number of alkyl halides is 3. The van der Waals surface area contributed by atoms with Crippen LogP contribution in [0.1, 0.15) is 17.4 Å². The molecule has 0 atom stereocenters. The molecule has 0 fully saturated rings. The first-order chi connectivity index (χ1) is 9.29. The highest BCUT2D eigenvalue weighted by molar-refractivity contribution is 5.97. The summed E-state index contributed by atoms with van der Waals surface area (Å²) in [4.78, 5) is 26.8. The Hall–Kier alpha value is -2.30. The molecule has 0 aliphatic rings. The minimum atomic E-state index is -4.78. The molecule has 0 saturated heterocycles. The van der Waals surface area contributed by atoms with Gasteiger partial charge in [0, 0.05) is 6.92 Å². The molecule has 2 aromatic rings. The van der Waals surface area contributed by atoms with Crippen molar-refractivity contribution in [2.45, 2.75) is 19.8 Å². The number of ketones is 1. The van der Waals surface area contributed by atoms with E-state index in [9.17, 15) is 22.8 Å². The molecule has 2 heterocycles. The van der Waals surface area contributed by atoms with Gasteiger partial charge in [0.1, 0.15) is 6.33 Å². The molecule has 11 heteroatoms. The summed E-state index contributed by atoms with van der Waals surface area (Å²) in [7, 11) is 0. The number of nitrogens with zero attached hydrogens (tertiary/aromatic N) is 5. The summed E-state index contributed by atoms with van der Waals surface area (Å²) in [5.41, 5.74) is -0.843. The standard InChI is InChI=1S/C9H8F3N5O3/c1-5(18)6-7-14-15-17(2-3-20-9(10,11)12)8(19)16(7)4-13-6/h4H,2-3H2,1H3. The molecule has 0 unspecified atom stereocenters. The van der Waals surface area contributed by atoms with E-state index in [-0.39, 0.29) is 11.3 Å². The van der Waals surface area contributed by atoms with Crippen LogP contribution >= 0.6 is 0 Å². The Morgan fingerprint density at radius 1 is 1.45 bits per heavy atom. The first-order valence-corrected chi connectivity index (χ1v) is 5.32. The van der Waals surface area contributed by atoms with Gasteiger partial charge in [0.2, 0.25) is 0 Å². The molecule has 108 valence electrons. The van der Waals surface area contributed by atoms with Crippen LogP contribution < -0.4 is 5.69 Å². The van der Waals surface area contributed by atoms with Gasteiger partial charge in [0.05, 0.1) is 13.2 Å². The quantitative estimate of drug-likeness (QED) is 0.738. The van der Waals surface area contributed by atoms with E-state index in [1.807, 2.05) is 0 Å². The van der Waals surface area contributed by atoms with Crippen molar-refractivity contribution in [3.63, 3.8) is 0 Å². The molecule has 20 heavy (non-hydrogen) atoms. The average Bonchev–Trinajstić information content (AvgIpc) is 2.75. The second kappa shape index (κ2) is 5.00. The Morgan fingerprint density at radius 3 is 2.75 bits per heavy atom. The van der Waals surface area contributed by atoms with Gasteiger partial charge in [-0.1, -0.05) is 5.21 Å². The van der Waals surface area contributed by atoms with Crippen LogP contribution in [-0.4, -0.2) is 43.1 Å². The SMILES string of the molecule is CC(=O)c1ncn2c(=O)n(CCOC(F)(F)F)nnc12. The normalized spacial score (nSPS) is 12.0. The lowest BCUT2D eigenvalue weighted by molar-refractivity contribution is -0.325. The minimum Gasteiger partial charge on any atom is -0.293 e. The van der Waals surface area contributed by atoms with Gasteiger partial charge in [0.15, 0.2) is 17.1 Å². The number of rotatable bonds is 4. The summed E-state index contributed by atoms with van der Waals surface area (Å²) in [5, 5.41) is 7.03. The number of hydrogen-bond acceptors (Lipinski definition) is 6. The van der Waals surface area contributed by atoms with Crippen molar-refractivity contribution in [3.05, 3.63) is 22.5 Å². The zero-order chi connectivity index (χ0) is 14.9. The summed E-state index contributed by atoms with van der Waals surface area (Å²) in [5.74, 6) is -0.403. The van der Waals surface area contributed by atoms with Crippen LogP contribution in [0.5, 0.6) is 0 Å². The Kier molecular flexibility index (Phi) is 3.53. The molecule has 0 aromatic carbocycles. The van der Waals surface area contributed by atoms with Crippen molar-refractivity contribution in [2.24, 2.45) is 0 Å². The van der Waals surface area contributed by atoms with Crippen molar-refractivity contribution in [1.29, 1.82) is 0 Å². The fourth-order valence-corrected chi connectivity index (χ4v) is 1.47. The summed E-state index contributed by atoms with van der Waals surface area (Å²) in [6.45, 7) is 0.0272. The number of aromatic nitrogens is 5. The third kappa shape index (κ3) is 2.82. The van der Waals surface area contributed by atoms with Gasteiger partial charge >= 0.3 is 12.1 Å². The number of Topliss-reactive ketones (excluding diaryl/α,β-unsaturated/α-hetero) is 1. The molecule has 0 bridgehead atoms. The largest absolute Gasteiger partial charge is 0.522 e. The number of ether oxygens (including phenoxy) is 1. The molecule has 8 nitrogen and oxygen atoms in total. The van der Waals surface area contributed by atoms with E-state index >= 15 is 0 Å². The van der Waals surface area contributed by atoms with E-state index < -0.39 is 31.0 Å². The Labute approximate surface area is 108 Å². The van der Waals surface area contributed by atoms with Gasteiger partial charge in [-0.2, -0.15) is 4.68 Å².